The first-order valence-corrected chi connectivity index (χ1v) is 4.57. The maximum atomic E-state index is 7.38. The minimum absolute atomic E-state index is 0.102. The van der Waals surface area contributed by atoms with Crippen LogP contribution in [0.25, 0.3) is 0 Å². The van der Waals surface area contributed by atoms with E-state index in [9.17, 15) is 0 Å². The Morgan fingerprint density at radius 2 is 2.21 bits per heavy atom. The van der Waals surface area contributed by atoms with Crippen LogP contribution < -0.4 is 10.5 Å². The molecule has 2 rings (SSSR count). The van der Waals surface area contributed by atoms with Gasteiger partial charge in [-0.05, 0) is 6.07 Å². The molecule has 4 heteroatoms. The fourth-order valence-electron chi connectivity index (χ4n) is 1.53. The highest BCUT2D eigenvalue weighted by Gasteiger charge is 2.14. The third-order valence-electron chi connectivity index (χ3n) is 2.29. The van der Waals surface area contributed by atoms with Gasteiger partial charge in [-0.15, -0.1) is 0 Å². The number of rotatable bonds is 0. The fourth-order valence-corrected chi connectivity index (χ4v) is 1.53. The predicted molar refractivity (Wildman–Crippen MR) is 54.3 cm³/mol. The summed E-state index contributed by atoms with van der Waals surface area (Å²) in [5.74, 6) is 1.00. The molecule has 0 fully saturated rings. The van der Waals surface area contributed by atoms with Gasteiger partial charge in [0.25, 0.3) is 0 Å². The van der Waals surface area contributed by atoms with E-state index < -0.39 is 0 Å². The molecule has 3 N–H and O–H groups in total. The topological polar surface area (TPSA) is 62.3 Å². The molecule has 0 saturated heterocycles. The first kappa shape index (κ1) is 8.87. The van der Waals surface area contributed by atoms with Crippen LogP contribution in [0.5, 0.6) is 5.75 Å². The van der Waals surface area contributed by atoms with Gasteiger partial charge in [-0.3, -0.25) is 5.41 Å². The summed E-state index contributed by atoms with van der Waals surface area (Å²) >= 11 is 0. The number of nitrogens with one attached hydrogen (secondary N) is 1. The van der Waals surface area contributed by atoms with Crippen LogP contribution in [-0.4, -0.2) is 24.0 Å². The molecule has 4 nitrogen and oxygen atoms in total. The number of hydrogen-bond acceptors (Lipinski definition) is 2. The van der Waals surface area contributed by atoms with Crippen LogP contribution in [-0.2, 0) is 6.54 Å². The summed E-state index contributed by atoms with van der Waals surface area (Å²) in [6.45, 7) is 1.91. The van der Waals surface area contributed by atoms with Crippen molar-refractivity contribution in [3.63, 3.8) is 0 Å². The molecule has 0 spiro atoms. The van der Waals surface area contributed by atoms with Gasteiger partial charge in [0.05, 0.1) is 6.54 Å². The lowest BCUT2D eigenvalue weighted by molar-refractivity contribution is 0.288. The molecule has 1 aliphatic heterocycles. The van der Waals surface area contributed by atoms with Crippen molar-refractivity contribution in [3.05, 3.63) is 29.8 Å². The molecule has 1 aromatic carbocycles. The minimum Gasteiger partial charge on any atom is -0.491 e. The highest BCUT2D eigenvalue weighted by atomic mass is 16.5. The zero-order chi connectivity index (χ0) is 9.97. The Labute approximate surface area is 82.8 Å². The van der Waals surface area contributed by atoms with Crippen molar-refractivity contribution in [2.45, 2.75) is 6.54 Å². The lowest BCUT2D eigenvalue weighted by Gasteiger charge is -2.18. The van der Waals surface area contributed by atoms with Crippen LogP contribution in [0.2, 0.25) is 0 Å². The standard InChI is InChI=1S/C10H13N3O/c11-10(12)13-5-6-14-9-4-2-1-3-8(9)7-13/h1-4H,5-7H2,(H3,11,12). The summed E-state index contributed by atoms with van der Waals surface area (Å²) in [6.07, 6.45) is 0. The monoisotopic (exact) mass is 191 g/mol. The molecule has 74 valence electrons. The van der Waals surface area contributed by atoms with E-state index in [-0.39, 0.29) is 5.96 Å². The molecule has 0 unspecified atom stereocenters. The summed E-state index contributed by atoms with van der Waals surface area (Å²) in [5.41, 5.74) is 6.53. The number of hydrogen-bond donors (Lipinski definition) is 2. The van der Waals surface area contributed by atoms with Gasteiger partial charge < -0.3 is 15.4 Å². The van der Waals surface area contributed by atoms with Gasteiger partial charge in [-0.1, -0.05) is 18.2 Å². The zero-order valence-corrected chi connectivity index (χ0v) is 7.86. The smallest absolute Gasteiger partial charge is 0.188 e. The quantitative estimate of drug-likeness (QED) is 0.470. The van der Waals surface area contributed by atoms with Crippen molar-refractivity contribution in [2.24, 2.45) is 5.73 Å². The Morgan fingerprint density at radius 3 is 3.00 bits per heavy atom. The first-order valence-electron chi connectivity index (χ1n) is 4.57. The van der Waals surface area contributed by atoms with E-state index in [0.717, 1.165) is 11.3 Å². The van der Waals surface area contributed by atoms with Crippen LogP contribution in [0.3, 0.4) is 0 Å². The number of ether oxygens (including phenoxy) is 1. The SMILES string of the molecule is N=C(N)N1CCOc2ccccc2C1. The molecule has 1 aromatic rings. The second kappa shape index (κ2) is 3.57. The van der Waals surface area contributed by atoms with Crippen molar-refractivity contribution >= 4 is 5.96 Å². The molecular formula is C10H13N3O. The summed E-state index contributed by atoms with van der Waals surface area (Å²) in [6, 6.07) is 7.85. The van der Waals surface area contributed by atoms with Crippen molar-refractivity contribution in [1.29, 1.82) is 5.41 Å². The van der Waals surface area contributed by atoms with E-state index in [1.165, 1.54) is 0 Å². The molecule has 0 atom stereocenters. The molecular weight excluding hydrogens is 178 g/mol. The largest absolute Gasteiger partial charge is 0.491 e. The lowest BCUT2D eigenvalue weighted by atomic mass is 10.2. The van der Waals surface area contributed by atoms with Crippen molar-refractivity contribution in [2.75, 3.05) is 13.2 Å². The Bertz CT molecular complexity index is 351. The van der Waals surface area contributed by atoms with E-state index >= 15 is 0 Å². The van der Waals surface area contributed by atoms with E-state index in [4.69, 9.17) is 15.9 Å². The van der Waals surface area contributed by atoms with Gasteiger partial charge in [0.1, 0.15) is 12.4 Å². The Hall–Kier alpha value is -1.71. The normalized spacial score (nSPS) is 15.3. The maximum absolute atomic E-state index is 7.38. The molecule has 0 radical (unpaired) electrons. The summed E-state index contributed by atoms with van der Waals surface area (Å²) in [7, 11) is 0. The third kappa shape index (κ3) is 1.64. The van der Waals surface area contributed by atoms with Crippen LogP contribution in [0.1, 0.15) is 5.56 Å². The Kier molecular flexibility index (Phi) is 2.26. The summed E-state index contributed by atoms with van der Waals surface area (Å²) < 4.78 is 5.53. The van der Waals surface area contributed by atoms with Crippen LogP contribution in [0.4, 0.5) is 0 Å². The average molecular weight is 191 g/mol. The predicted octanol–water partition coefficient (Wildman–Crippen LogP) is 0.774. The molecule has 1 aliphatic rings. The van der Waals surface area contributed by atoms with Crippen LogP contribution >= 0.6 is 0 Å². The van der Waals surface area contributed by atoms with Gasteiger partial charge >= 0.3 is 0 Å². The molecule has 0 bridgehead atoms. The number of nitrogens with two attached hydrogens (primary N) is 1. The van der Waals surface area contributed by atoms with E-state index in [0.29, 0.717) is 19.7 Å². The van der Waals surface area contributed by atoms with E-state index in [2.05, 4.69) is 0 Å². The highest BCUT2D eigenvalue weighted by molar-refractivity contribution is 5.74. The second-order valence-corrected chi connectivity index (χ2v) is 3.26. The van der Waals surface area contributed by atoms with Gasteiger partial charge in [0.15, 0.2) is 5.96 Å². The number of nitrogens with zero attached hydrogens (tertiary/aromatic N) is 1. The van der Waals surface area contributed by atoms with Gasteiger partial charge in [0, 0.05) is 12.1 Å². The average Bonchev–Trinajstić information content (AvgIpc) is 2.39. The van der Waals surface area contributed by atoms with Gasteiger partial charge in [-0.25, -0.2) is 0 Å². The summed E-state index contributed by atoms with van der Waals surface area (Å²) in [5, 5.41) is 7.38. The number of para-hydroxylation sites is 1. The molecule has 0 amide bonds. The second-order valence-electron chi connectivity index (χ2n) is 3.26. The molecule has 14 heavy (non-hydrogen) atoms. The lowest BCUT2D eigenvalue weighted by Crippen LogP contribution is -2.37. The maximum Gasteiger partial charge on any atom is 0.188 e. The van der Waals surface area contributed by atoms with Gasteiger partial charge in [-0.2, -0.15) is 0 Å². The molecule has 0 saturated carbocycles. The van der Waals surface area contributed by atoms with E-state index in [1.54, 1.807) is 4.90 Å². The number of guanidine groups is 1. The molecule has 0 aromatic heterocycles. The van der Waals surface area contributed by atoms with Crippen LogP contribution in [0, 0.1) is 5.41 Å². The Balaban J connectivity index is 2.26. The van der Waals surface area contributed by atoms with Gasteiger partial charge in [0.2, 0.25) is 0 Å². The fraction of sp³-hybridized carbons (Fsp3) is 0.300. The van der Waals surface area contributed by atoms with E-state index in [1.807, 2.05) is 24.3 Å². The Morgan fingerprint density at radius 1 is 1.43 bits per heavy atom. The zero-order valence-electron chi connectivity index (χ0n) is 7.86. The van der Waals surface area contributed by atoms with Crippen molar-refractivity contribution in [1.82, 2.24) is 4.90 Å². The highest BCUT2D eigenvalue weighted by Crippen LogP contribution is 2.21. The summed E-state index contributed by atoms with van der Waals surface area (Å²) in [4.78, 5) is 1.80. The molecule has 1 heterocycles. The minimum atomic E-state index is 0.102. The number of benzene rings is 1. The van der Waals surface area contributed by atoms with Crippen LogP contribution in [0.15, 0.2) is 24.3 Å². The van der Waals surface area contributed by atoms with Crippen molar-refractivity contribution in [3.8, 4) is 5.75 Å². The molecule has 0 aliphatic carbocycles. The first-order chi connectivity index (χ1) is 6.77. The van der Waals surface area contributed by atoms with Crippen molar-refractivity contribution < 1.29 is 4.74 Å². The third-order valence-corrected chi connectivity index (χ3v) is 2.29. The number of fused-ring (bicyclic) bond motifs is 1.